The minimum atomic E-state index is -0.106. The maximum absolute atomic E-state index is 8.78. The van der Waals surface area contributed by atoms with E-state index in [1.807, 2.05) is 36.7 Å². The Hall–Kier alpha value is -1.18. The fraction of sp³-hybridized carbons (Fsp3) is 0.273. The molecule has 2 aromatic rings. The number of thioether (sulfide) groups is 1. The molecule has 1 atom stereocenters. The molecule has 0 unspecified atom stereocenters. The first-order chi connectivity index (χ1) is 7.61. The lowest BCUT2D eigenvalue weighted by Gasteiger charge is -2.02. The summed E-state index contributed by atoms with van der Waals surface area (Å²) < 4.78 is 1.98. The summed E-state index contributed by atoms with van der Waals surface area (Å²) in [5.41, 5.74) is 1.89. The quantitative estimate of drug-likeness (QED) is 0.770. The van der Waals surface area contributed by atoms with Crippen LogP contribution < -0.4 is 0 Å². The number of nitrogens with zero attached hydrogens (tertiary/aromatic N) is 3. The summed E-state index contributed by atoms with van der Waals surface area (Å²) in [6.07, 6.45) is 0. The van der Waals surface area contributed by atoms with Gasteiger partial charge in [0.2, 0.25) is 0 Å². The van der Waals surface area contributed by atoms with E-state index in [2.05, 4.69) is 11.1 Å². The van der Waals surface area contributed by atoms with Crippen molar-refractivity contribution in [3.05, 3.63) is 23.2 Å². The SMILES string of the molecule is C[C@H](C#N)Sc1nc2cc(Cl)ccc2n1C. The third-order valence-corrected chi connectivity index (χ3v) is 3.54. The normalized spacial score (nSPS) is 12.6. The summed E-state index contributed by atoms with van der Waals surface area (Å²) in [4.78, 5) is 4.45. The molecule has 1 aromatic heterocycles. The van der Waals surface area contributed by atoms with Crippen molar-refractivity contribution in [2.75, 3.05) is 0 Å². The van der Waals surface area contributed by atoms with Crippen LogP contribution in [0.25, 0.3) is 11.0 Å². The van der Waals surface area contributed by atoms with Crippen LogP contribution in [0, 0.1) is 11.3 Å². The molecule has 0 radical (unpaired) electrons. The molecule has 0 aliphatic heterocycles. The molecule has 3 nitrogen and oxygen atoms in total. The zero-order chi connectivity index (χ0) is 11.7. The highest BCUT2D eigenvalue weighted by Gasteiger charge is 2.11. The second-order valence-electron chi connectivity index (χ2n) is 3.48. The predicted molar refractivity (Wildman–Crippen MR) is 66.7 cm³/mol. The molecule has 5 heteroatoms. The first kappa shape index (κ1) is 11.3. The van der Waals surface area contributed by atoms with Gasteiger partial charge in [-0.05, 0) is 25.1 Å². The number of aromatic nitrogens is 2. The van der Waals surface area contributed by atoms with E-state index in [0.717, 1.165) is 16.2 Å². The maximum Gasteiger partial charge on any atom is 0.170 e. The van der Waals surface area contributed by atoms with Gasteiger partial charge >= 0.3 is 0 Å². The van der Waals surface area contributed by atoms with Crippen LogP contribution in [0.15, 0.2) is 23.4 Å². The molecule has 0 saturated heterocycles. The molecule has 0 aliphatic rings. The number of halogens is 1. The zero-order valence-corrected chi connectivity index (χ0v) is 10.5. The van der Waals surface area contributed by atoms with Gasteiger partial charge in [0, 0.05) is 12.1 Å². The van der Waals surface area contributed by atoms with Crippen LogP contribution in [0.2, 0.25) is 5.02 Å². The van der Waals surface area contributed by atoms with Crippen LogP contribution in [0.1, 0.15) is 6.92 Å². The molecule has 0 spiro atoms. The van der Waals surface area contributed by atoms with E-state index >= 15 is 0 Å². The lowest BCUT2D eigenvalue weighted by Crippen LogP contribution is -1.96. The Morgan fingerprint density at radius 1 is 1.56 bits per heavy atom. The minimum absolute atomic E-state index is 0.106. The standard InChI is InChI=1S/C11H10ClN3S/c1-7(6-13)16-11-14-9-5-8(12)3-4-10(9)15(11)2/h3-5,7H,1-2H3/t7-/m1/s1. The lowest BCUT2D eigenvalue weighted by molar-refractivity contribution is 0.813. The lowest BCUT2D eigenvalue weighted by atomic mass is 10.3. The second kappa shape index (κ2) is 4.36. The first-order valence-corrected chi connectivity index (χ1v) is 6.06. The smallest absolute Gasteiger partial charge is 0.170 e. The summed E-state index contributed by atoms with van der Waals surface area (Å²) in [7, 11) is 1.94. The van der Waals surface area contributed by atoms with Crippen molar-refractivity contribution in [1.29, 1.82) is 5.26 Å². The zero-order valence-electron chi connectivity index (χ0n) is 8.94. The van der Waals surface area contributed by atoms with Crippen molar-refractivity contribution >= 4 is 34.4 Å². The largest absolute Gasteiger partial charge is 0.322 e. The third kappa shape index (κ3) is 2.01. The van der Waals surface area contributed by atoms with Crippen LogP contribution in [-0.4, -0.2) is 14.8 Å². The molecule has 16 heavy (non-hydrogen) atoms. The molecule has 2 rings (SSSR count). The topological polar surface area (TPSA) is 41.6 Å². The number of hydrogen-bond donors (Lipinski definition) is 0. The number of fused-ring (bicyclic) bond motifs is 1. The molecule has 1 heterocycles. The van der Waals surface area contributed by atoms with Gasteiger partial charge in [0.25, 0.3) is 0 Å². The monoisotopic (exact) mass is 251 g/mol. The molecular formula is C11H10ClN3S. The predicted octanol–water partition coefficient (Wildman–Crippen LogP) is 3.23. The van der Waals surface area contributed by atoms with Crippen LogP contribution in [-0.2, 0) is 7.05 Å². The highest BCUT2D eigenvalue weighted by atomic mass is 35.5. The summed E-state index contributed by atoms with van der Waals surface area (Å²) in [6.45, 7) is 1.86. The Kier molecular flexibility index (Phi) is 3.08. The van der Waals surface area contributed by atoms with Crippen LogP contribution >= 0.6 is 23.4 Å². The number of hydrogen-bond acceptors (Lipinski definition) is 3. The maximum atomic E-state index is 8.78. The van der Waals surface area contributed by atoms with Gasteiger partial charge in [-0.15, -0.1) is 0 Å². The van der Waals surface area contributed by atoms with Gasteiger partial charge in [-0.25, -0.2) is 4.98 Å². The van der Waals surface area contributed by atoms with Crippen molar-refractivity contribution in [2.45, 2.75) is 17.3 Å². The van der Waals surface area contributed by atoms with Crippen LogP contribution in [0.4, 0.5) is 0 Å². The number of benzene rings is 1. The number of aryl methyl sites for hydroxylation is 1. The summed E-state index contributed by atoms with van der Waals surface area (Å²) in [5, 5.41) is 10.2. The highest BCUT2D eigenvalue weighted by Crippen LogP contribution is 2.27. The highest BCUT2D eigenvalue weighted by molar-refractivity contribution is 8.00. The van der Waals surface area contributed by atoms with E-state index in [1.165, 1.54) is 11.8 Å². The van der Waals surface area contributed by atoms with E-state index in [9.17, 15) is 0 Å². The van der Waals surface area contributed by atoms with Gasteiger partial charge in [-0.1, -0.05) is 23.4 Å². The Balaban J connectivity index is 2.48. The average Bonchev–Trinajstić information content (AvgIpc) is 2.55. The molecule has 0 amide bonds. The van der Waals surface area contributed by atoms with Crippen molar-refractivity contribution in [3.8, 4) is 6.07 Å². The Labute approximate surface area is 103 Å². The number of rotatable bonds is 2. The van der Waals surface area contributed by atoms with Gasteiger partial charge in [-0.2, -0.15) is 5.26 Å². The summed E-state index contributed by atoms with van der Waals surface area (Å²) >= 11 is 7.35. The fourth-order valence-electron chi connectivity index (χ4n) is 1.44. The number of nitriles is 1. The van der Waals surface area contributed by atoms with E-state index in [4.69, 9.17) is 16.9 Å². The fourth-order valence-corrected chi connectivity index (χ4v) is 2.38. The summed E-state index contributed by atoms with van der Waals surface area (Å²) in [6, 6.07) is 7.79. The first-order valence-electron chi connectivity index (χ1n) is 4.80. The Morgan fingerprint density at radius 3 is 3.00 bits per heavy atom. The van der Waals surface area contributed by atoms with E-state index in [1.54, 1.807) is 0 Å². The average molecular weight is 252 g/mol. The van der Waals surface area contributed by atoms with Crippen molar-refractivity contribution < 1.29 is 0 Å². The number of imidazole rings is 1. The van der Waals surface area contributed by atoms with E-state index in [0.29, 0.717) is 5.02 Å². The van der Waals surface area contributed by atoms with Crippen molar-refractivity contribution in [1.82, 2.24) is 9.55 Å². The third-order valence-electron chi connectivity index (χ3n) is 2.27. The molecule has 0 N–H and O–H groups in total. The Bertz CT molecular complexity index is 570. The van der Waals surface area contributed by atoms with Gasteiger partial charge in [0.15, 0.2) is 5.16 Å². The molecular weight excluding hydrogens is 242 g/mol. The van der Waals surface area contributed by atoms with Gasteiger partial charge in [-0.3, -0.25) is 0 Å². The van der Waals surface area contributed by atoms with E-state index in [-0.39, 0.29) is 5.25 Å². The Morgan fingerprint density at radius 2 is 2.31 bits per heavy atom. The van der Waals surface area contributed by atoms with Gasteiger partial charge in [0.05, 0.1) is 22.4 Å². The molecule has 0 aliphatic carbocycles. The molecule has 82 valence electrons. The molecule has 1 aromatic carbocycles. The van der Waals surface area contributed by atoms with Crippen molar-refractivity contribution in [3.63, 3.8) is 0 Å². The summed E-state index contributed by atoms with van der Waals surface area (Å²) in [5.74, 6) is 0. The minimum Gasteiger partial charge on any atom is -0.322 e. The molecule has 0 bridgehead atoms. The van der Waals surface area contributed by atoms with E-state index < -0.39 is 0 Å². The van der Waals surface area contributed by atoms with Crippen molar-refractivity contribution in [2.24, 2.45) is 7.05 Å². The van der Waals surface area contributed by atoms with Gasteiger partial charge < -0.3 is 4.57 Å². The second-order valence-corrected chi connectivity index (χ2v) is 5.22. The van der Waals surface area contributed by atoms with Crippen LogP contribution in [0.5, 0.6) is 0 Å². The molecule has 0 saturated carbocycles. The van der Waals surface area contributed by atoms with Gasteiger partial charge in [0.1, 0.15) is 0 Å². The van der Waals surface area contributed by atoms with Crippen LogP contribution in [0.3, 0.4) is 0 Å². The molecule has 0 fully saturated rings.